The minimum Gasteiger partial charge on any atom is -0.469 e. The SMILES string of the molecule is CNC(Cc1ccc(I)cc1)c1coc(C)c1. The molecule has 1 unspecified atom stereocenters. The Balaban J connectivity index is 2.12. The van der Waals surface area contributed by atoms with Gasteiger partial charge in [0.1, 0.15) is 5.76 Å². The first-order chi connectivity index (χ1) is 8.19. The van der Waals surface area contributed by atoms with Crippen molar-refractivity contribution >= 4 is 22.6 Å². The molecule has 90 valence electrons. The number of halogens is 1. The van der Waals surface area contributed by atoms with Crippen LogP contribution in [0.2, 0.25) is 0 Å². The van der Waals surface area contributed by atoms with Gasteiger partial charge in [0.25, 0.3) is 0 Å². The first-order valence-electron chi connectivity index (χ1n) is 5.66. The minimum absolute atomic E-state index is 0.313. The molecule has 0 amide bonds. The van der Waals surface area contributed by atoms with Crippen LogP contribution in [0.15, 0.2) is 41.0 Å². The monoisotopic (exact) mass is 341 g/mol. The molecule has 2 aromatic rings. The summed E-state index contributed by atoms with van der Waals surface area (Å²) in [5, 5.41) is 3.33. The number of hydrogen-bond donors (Lipinski definition) is 1. The molecule has 3 heteroatoms. The first kappa shape index (κ1) is 12.6. The highest BCUT2D eigenvalue weighted by Crippen LogP contribution is 2.20. The van der Waals surface area contributed by atoms with Gasteiger partial charge in [0.15, 0.2) is 0 Å². The van der Waals surface area contributed by atoms with Crippen LogP contribution in [0.5, 0.6) is 0 Å². The van der Waals surface area contributed by atoms with Crippen molar-refractivity contribution in [3.8, 4) is 0 Å². The van der Waals surface area contributed by atoms with Crippen LogP contribution in [-0.2, 0) is 6.42 Å². The van der Waals surface area contributed by atoms with Crippen LogP contribution in [-0.4, -0.2) is 7.05 Å². The third-order valence-electron chi connectivity index (χ3n) is 2.85. The fourth-order valence-corrected chi connectivity index (χ4v) is 2.25. The van der Waals surface area contributed by atoms with Crippen molar-refractivity contribution in [3.63, 3.8) is 0 Å². The molecule has 2 nitrogen and oxygen atoms in total. The summed E-state index contributed by atoms with van der Waals surface area (Å²) in [5.74, 6) is 0.961. The summed E-state index contributed by atoms with van der Waals surface area (Å²) in [6, 6.07) is 11.0. The van der Waals surface area contributed by atoms with Gasteiger partial charge in [-0.1, -0.05) is 12.1 Å². The van der Waals surface area contributed by atoms with Gasteiger partial charge in [-0.2, -0.15) is 0 Å². The number of furan rings is 1. The molecule has 2 rings (SSSR count). The molecule has 1 heterocycles. The lowest BCUT2D eigenvalue weighted by Gasteiger charge is -2.14. The lowest BCUT2D eigenvalue weighted by Crippen LogP contribution is -2.18. The average molecular weight is 341 g/mol. The molecule has 1 aromatic carbocycles. The van der Waals surface area contributed by atoms with Gasteiger partial charge in [-0.05, 0) is 66.7 Å². The molecule has 0 aliphatic rings. The summed E-state index contributed by atoms with van der Waals surface area (Å²) in [4.78, 5) is 0. The zero-order valence-corrected chi connectivity index (χ0v) is 12.2. The highest BCUT2D eigenvalue weighted by molar-refractivity contribution is 14.1. The fourth-order valence-electron chi connectivity index (χ4n) is 1.89. The number of rotatable bonds is 4. The first-order valence-corrected chi connectivity index (χ1v) is 6.73. The van der Waals surface area contributed by atoms with E-state index in [1.54, 1.807) is 0 Å². The Labute approximate surface area is 116 Å². The van der Waals surface area contributed by atoms with E-state index in [-0.39, 0.29) is 0 Å². The van der Waals surface area contributed by atoms with E-state index in [2.05, 4.69) is 58.2 Å². The van der Waals surface area contributed by atoms with E-state index in [4.69, 9.17) is 4.42 Å². The quantitative estimate of drug-likeness (QED) is 0.858. The van der Waals surface area contributed by atoms with Crippen molar-refractivity contribution < 1.29 is 4.42 Å². The Hall–Kier alpha value is -0.810. The normalized spacial score (nSPS) is 12.6. The van der Waals surface area contributed by atoms with E-state index in [1.807, 2.05) is 20.2 Å². The third kappa shape index (κ3) is 3.33. The maximum absolute atomic E-state index is 5.36. The predicted octanol–water partition coefficient (Wildman–Crippen LogP) is 3.70. The van der Waals surface area contributed by atoms with Crippen molar-refractivity contribution in [2.24, 2.45) is 0 Å². The van der Waals surface area contributed by atoms with Crippen LogP contribution in [0.3, 0.4) is 0 Å². The van der Waals surface area contributed by atoms with Gasteiger partial charge in [0, 0.05) is 15.2 Å². The zero-order chi connectivity index (χ0) is 12.3. The second-order valence-corrected chi connectivity index (χ2v) is 5.41. The lowest BCUT2D eigenvalue weighted by atomic mass is 10.0. The maximum atomic E-state index is 5.36. The minimum atomic E-state index is 0.313. The van der Waals surface area contributed by atoms with E-state index in [1.165, 1.54) is 14.7 Å². The van der Waals surface area contributed by atoms with Gasteiger partial charge in [-0.15, -0.1) is 0 Å². The van der Waals surface area contributed by atoms with Crippen LogP contribution in [0.1, 0.15) is 22.9 Å². The standard InChI is InChI=1S/C14H16INO/c1-10-7-12(9-17-10)14(16-2)8-11-3-5-13(15)6-4-11/h3-7,9,14,16H,8H2,1-2H3. The van der Waals surface area contributed by atoms with Gasteiger partial charge < -0.3 is 9.73 Å². The summed E-state index contributed by atoms with van der Waals surface area (Å²) in [5.41, 5.74) is 2.55. The number of aryl methyl sites for hydroxylation is 1. The van der Waals surface area contributed by atoms with Gasteiger partial charge in [-0.25, -0.2) is 0 Å². The molecule has 0 radical (unpaired) electrons. The highest BCUT2D eigenvalue weighted by atomic mass is 127. The van der Waals surface area contributed by atoms with Crippen molar-refractivity contribution in [2.75, 3.05) is 7.05 Å². The van der Waals surface area contributed by atoms with E-state index in [0.29, 0.717) is 6.04 Å². The summed E-state index contributed by atoms with van der Waals surface area (Å²) in [7, 11) is 1.99. The summed E-state index contributed by atoms with van der Waals surface area (Å²) < 4.78 is 6.63. The van der Waals surface area contributed by atoms with Crippen LogP contribution in [0.4, 0.5) is 0 Å². The van der Waals surface area contributed by atoms with Crippen LogP contribution < -0.4 is 5.32 Å². The van der Waals surface area contributed by atoms with Gasteiger partial charge in [0.2, 0.25) is 0 Å². The number of benzene rings is 1. The van der Waals surface area contributed by atoms with Crippen molar-refractivity contribution in [1.82, 2.24) is 5.32 Å². The molecule has 0 spiro atoms. The molecule has 0 aliphatic carbocycles. The number of hydrogen-bond acceptors (Lipinski definition) is 2. The van der Waals surface area contributed by atoms with E-state index >= 15 is 0 Å². The largest absolute Gasteiger partial charge is 0.469 e. The van der Waals surface area contributed by atoms with Crippen molar-refractivity contribution in [3.05, 3.63) is 57.1 Å². The average Bonchev–Trinajstić information content (AvgIpc) is 2.75. The van der Waals surface area contributed by atoms with E-state index < -0.39 is 0 Å². The zero-order valence-electron chi connectivity index (χ0n) is 10.0. The van der Waals surface area contributed by atoms with Gasteiger partial charge in [-0.3, -0.25) is 0 Å². The molecule has 0 bridgehead atoms. The molecule has 0 aliphatic heterocycles. The molecule has 1 N–H and O–H groups in total. The topological polar surface area (TPSA) is 25.2 Å². The van der Waals surface area contributed by atoms with E-state index in [9.17, 15) is 0 Å². The summed E-state index contributed by atoms with van der Waals surface area (Å²) in [6.07, 6.45) is 2.82. The van der Waals surface area contributed by atoms with E-state index in [0.717, 1.165) is 12.2 Å². The Morgan fingerprint density at radius 2 is 2.00 bits per heavy atom. The van der Waals surface area contributed by atoms with Crippen molar-refractivity contribution in [2.45, 2.75) is 19.4 Å². The van der Waals surface area contributed by atoms with Gasteiger partial charge >= 0.3 is 0 Å². The molecule has 0 saturated carbocycles. The van der Waals surface area contributed by atoms with Crippen LogP contribution >= 0.6 is 22.6 Å². The molecule has 17 heavy (non-hydrogen) atoms. The molecular weight excluding hydrogens is 325 g/mol. The van der Waals surface area contributed by atoms with Gasteiger partial charge in [0.05, 0.1) is 6.26 Å². The second kappa shape index (κ2) is 5.69. The van der Waals surface area contributed by atoms with Crippen LogP contribution in [0.25, 0.3) is 0 Å². The molecule has 1 atom stereocenters. The summed E-state index contributed by atoms with van der Waals surface area (Å²) >= 11 is 2.32. The maximum Gasteiger partial charge on any atom is 0.101 e. The van der Waals surface area contributed by atoms with Crippen LogP contribution in [0, 0.1) is 10.5 Å². The fraction of sp³-hybridized carbons (Fsp3) is 0.286. The lowest BCUT2D eigenvalue weighted by molar-refractivity contribution is 0.520. The molecular formula is C14H16INO. The predicted molar refractivity (Wildman–Crippen MR) is 78.1 cm³/mol. The number of nitrogens with one attached hydrogen (secondary N) is 1. The smallest absolute Gasteiger partial charge is 0.101 e. The third-order valence-corrected chi connectivity index (χ3v) is 3.57. The Morgan fingerprint density at radius 3 is 2.53 bits per heavy atom. The Morgan fingerprint density at radius 1 is 1.29 bits per heavy atom. The molecule has 1 aromatic heterocycles. The molecule has 0 saturated heterocycles. The van der Waals surface area contributed by atoms with Crippen molar-refractivity contribution in [1.29, 1.82) is 0 Å². The molecule has 0 fully saturated rings. The summed E-state index contributed by atoms with van der Waals surface area (Å²) in [6.45, 7) is 1.97. The number of likely N-dealkylation sites (N-methyl/N-ethyl adjacent to an activating group) is 1. The second-order valence-electron chi connectivity index (χ2n) is 4.16. The Kier molecular flexibility index (Phi) is 4.23. The Bertz CT molecular complexity index is 475. The highest BCUT2D eigenvalue weighted by Gasteiger charge is 2.12.